The summed E-state index contributed by atoms with van der Waals surface area (Å²) in [7, 11) is 0. The molecule has 1 aliphatic rings. The standard InChI is InChI=1S/C16H31NO2/c1-2-3-12-17-13-7-14-19-16(18)11-10-15-8-5-4-6-9-15/h15,17H,2-14H2,1H3. The van der Waals surface area contributed by atoms with Gasteiger partial charge in [0.1, 0.15) is 0 Å². The van der Waals surface area contributed by atoms with Gasteiger partial charge in [0, 0.05) is 6.42 Å². The summed E-state index contributed by atoms with van der Waals surface area (Å²) in [5.41, 5.74) is 0. The minimum Gasteiger partial charge on any atom is -0.466 e. The topological polar surface area (TPSA) is 38.3 Å². The fourth-order valence-electron chi connectivity index (χ4n) is 2.68. The number of hydrogen-bond acceptors (Lipinski definition) is 3. The van der Waals surface area contributed by atoms with Gasteiger partial charge in [0.15, 0.2) is 0 Å². The average Bonchev–Trinajstić information content (AvgIpc) is 2.45. The van der Waals surface area contributed by atoms with E-state index in [4.69, 9.17) is 4.74 Å². The molecule has 1 rings (SSSR count). The fraction of sp³-hybridized carbons (Fsp3) is 0.938. The van der Waals surface area contributed by atoms with Crippen molar-refractivity contribution in [3.8, 4) is 0 Å². The van der Waals surface area contributed by atoms with Crippen molar-refractivity contribution in [1.29, 1.82) is 0 Å². The summed E-state index contributed by atoms with van der Waals surface area (Å²) in [4.78, 5) is 11.6. The third-order valence-electron chi connectivity index (χ3n) is 3.95. The van der Waals surface area contributed by atoms with E-state index >= 15 is 0 Å². The molecule has 0 aliphatic heterocycles. The molecule has 1 fully saturated rings. The number of esters is 1. The van der Waals surface area contributed by atoms with E-state index in [2.05, 4.69) is 12.2 Å². The van der Waals surface area contributed by atoms with Crippen LogP contribution in [0.5, 0.6) is 0 Å². The normalized spacial score (nSPS) is 16.5. The summed E-state index contributed by atoms with van der Waals surface area (Å²) in [6, 6.07) is 0. The highest BCUT2D eigenvalue weighted by Crippen LogP contribution is 2.27. The molecule has 0 aromatic rings. The zero-order valence-corrected chi connectivity index (χ0v) is 12.6. The Labute approximate surface area is 118 Å². The van der Waals surface area contributed by atoms with Gasteiger partial charge in [0.05, 0.1) is 6.61 Å². The molecule has 19 heavy (non-hydrogen) atoms. The van der Waals surface area contributed by atoms with Gasteiger partial charge in [-0.25, -0.2) is 0 Å². The Morgan fingerprint density at radius 1 is 1.16 bits per heavy atom. The van der Waals surface area contributed by atoms with Crippen molar-refractivity contribution in [1.82, 2.24) is 5.32 Å². The summed E-state index contributed by atoms with van der Waals surface area (Å²) in [6.45, 7) is 4.79. The van der Waals surface area contributed by atoms with E-state index in [0.29, 0.717) is 13.0 Å². The number of rotatable bonds is 10. The smallest absolute Gasteiger partial charge is 0.305 e. The molecule has 3 nitrogen and oxygen atoms in total. The lowest BCUT2D eigenvalue weighted by molar-refractivity contribution is -0.144. The van der Waals surface area contributed by atoms with Crippen LogP contribution in [-0.4, -0.2) is 25.7 Å². The van der Waals surface area contributed by atoms with Crippen LogP contribution in [0.3, 0.4) is 0 Å². The van der Waals surface area contributed by atoms with Crippen LogP contribution in [0.25, 0.3) is 0 Å². The van der Waals surface area contributed by atoms with E-state index in [1.165, 1.54) is 44.9 Å². The first-order valence-corrected chi connectivity index (χ1v) is 8.19. The molecule has 0 bridgehead atoms. The van der Waals surface area contributed by atoms with E-state index in [1.807, 2.05) is 0 Å². The van der Waals surface area contributed by atoms with Gasteiger partial charge in [0.25, 0.3) is 0 Å². The molecule has 0 aromatic heterocycles. The molecule has 0 saturated heterocycles. The molecule has 0 spiro atoms. The van der Waals surface area contributed by atoms with E-state index in [-0.39, 0.29) is 5.97 Å². The first-order chi connectivity index (χ1) is 9.33. The fourth-order valence-corrected chi connectivity index (χ4v) is 2.68. The van der Waals surface area contributed by atoms with Gasteiger partial charge in [-0.05, 0) is 38.3 Å². The van der Waals surface area contributed by atoms with E-state index < -0.39 is 0 Å². The van der Waals surface area contributed by atoms with Crippen molar-refractivity contribution in [3.05, 3.63) is 0 Å². The summed E-state index contributed by atoms with van der Waals surface area (Å²) in [6.07, 6.45) is 11.7. The molecule has 0 atom stereocenters. The molecule has 112 valence electrons. The predicted molar refractivity (Wildman–Crippen MR) is 79.2 cm³/mol. The van der Waals surface area contributed by atoms with Crippen LogP contribution in [0.15, 0.2) is 0 Å². The number of hydrogen-bond donors (Lipinski definition) is 1. The molecule has 1 saturated carbocycles. The zero-order chi connectivity index (χ0) is 13.8. The van der Waals surface area contributed by atoms with Crippen molar-refractivity contribution >= 4 is 5.97 Å². The highest BCUT2D eigenvalue weighted by atomic mass is 16.5. The molecule has 3 heteroatoms. The molecule has 1 aliphatic carbocycles. The van der Waals surface area contributed by atoms with Gasteiger partial charge < -0.3 is 10.1 Å². The maximum atomic E-state index is 11.6. The largest absolute Gasteiger partial charge is 0.466 e. The van der Waals surface area contributed by atoms with E-state index in [1.54, 1.807) is 0 Å². The van der Waals surface area contributed by atoms with Crippen molar-refractivity contribution in [2.75, 3.05) is 19.7 Å². The Bertz CT molecular complexity index is 225. The lowest BCUT2D eigenvalue weighted by atomic mass is 9.86. The minimum atomic E-state index is -0.000804. The van der Waals surface area contributed by atoms with E-state index in [0.717, 1.165) is 31.8 Å². The van der Waals surface area contributed by atoms with Crippen molar-refractivity contribution < 1.29 is 9.53 Å². The Kier molecular flexibility index (Phi) is 9.78. The Morgan fingerprint density at radius 3 is 2.63 bits per heavy atom. The summed E-state index contributed by atoms with van der Waals surface area (Å²) < 4.78 is 5.26. The first kappa shape index (κ1) is 16.5. The highest BCUT2D eigenvalue weighted by molar-refractivity contribution is 5.69. The maximum Gasteiger partial charge on any atom is 0.305 e. The molecule has 0 radical (unpaired) electrons. The first-order valence-electron chi connectivity index (χ1n) is 8.19. The second-order valence-electron chi connectivity index (χ2n) is 5.72. The predicted octanol–water partition coefficient (Wildman–Crippen LogP) is 3.67. The summed E-state index contributed by atoms with van der Waals surface area (Å²) >= 11 is 0. The maximum absolute atomic E-state index is 11.6. The van der Waals surface area contributed by atoms with Gasteiger partial charge >= 0.3 is 5.97 Å². The SMILES string of the molecule is CCCCNCCCOC(=O)CCC1CCCCC1. The Morgan fingerprint density at radius 2 is 1.89 bits per heavy atom. The van der Waals surface area contributed by atoms with Crippen LogP contribution in [0.2, 0.25) is 0 Å². The third kappa shape index (κ3) is 9.04. The van der Waals surface area contributed by atoms with Crippen LogP contribution in [0.4, 0.5) is 0 Å². The number of carbonyl (C=O) groups excluding carboxylic acids is 1. The number of nitrogens with one attached hydrogen (secondary N) is 1. The van der Waals surface area contributed by atoms with Gasteiger partial charge in [-0.2, -0.15) is 0 Å². The van der Waals surface area contributed by atoms with Gasteiger partial charge in [-0.3, -0.25) is 4.79 Å². The average molecular weight is 269 g/mol. The van der Waals surface area contributed by atoms with Crippen LogP contribution >= 0.6 is 0 Å². The molecule has 0 heterocycles. The molecular formula is C16H31NO2. The van der Waals surface area contributed by atoms with Gasteiger partial charge in [-0.1, -0.05) is 45.4 Å². The van der Waals surface area contributed by atoms with Crippen LogP contribution in [-0.2, 0) is 9.53 Å². The molecule has 0 amide bonds. The lowest BCUT2D eigenvalue weighted by Gasteiger charge is -2.20. The summed E-state index contributed by atoms with van der Waals surface area (Å²) in [5.74, 6) is 0.774. The van der Waals surface area contributed by atoms with Crippen LogP contribution in [0, 0.1) is 5.92 Å². The van der Waals surface area contributed by atoms with Gasteiger partial charge in [0.2, 0.25) is 0 Å². The number of carbonyl (C=O) groups is 1. The Hall–Kier alpha value is -0.570. The summed E-state index contributed by atoms with van der Waals surface area (Å²) in [5, 5.41) is 3.35. The van der Waals surface area contributed by atoms with Crippen LogP contribution in [0.1, 0.15) is 71.1 Å². The lowest BCUT2D eigenvalue weighted by Crippen LogP contribution is -2.19. The highest BCUT2D eigenvalue weighted by Gasteiger charge is 2.15. The van der Waals surface area contributed by atoms with Crippen LogP contribution < -0.4 is 5.32 Å². The monoisotopic (exact) mass is 269 g/mol. The van der Waals surface area contributed by atoms with Crippen molar-refractivity contribution in [3.63, 3.8) is 0 Å². The Balaban J connectivity index is 1.87. The molecule has 0 aromatic carbocycles. The number of ether oxygens (including phenoxy) is 1. The molecular weight excluding hydrogens is 238 g/mol. The van der Waals surface area contributed by atoms with Crippen molar-refractivity contribution in [2.45, 2.75) is 71.1 Å². The zero-order valence-electron chi connectivity index (χ0n) is 12.6. The minimum absolute atomic E-state index is 0.000804. The van der Waals surface area contributed by atoms with Gasteiger partial charge in [-0.15, -0.1) is 0 Å². The van der Waals surface area contributed by atoms with Crippen molar-refractivity contribution in [2.24, 2.45) is 5.92 Å². The number of unbranched alkanes of at least 4 members (excludes halogenated alkanes) is 1. The molecule has 0 unspecified atom stereocenters. The third-order valence-corrected chi connectivity index (χ3v) is 3.95. The van der Waals surface area contributed by atoms with E-state index in [9.17, 15) is 4.79 Å². The second kappa shape index (κ2) is 11.3. The quantitative estimate of drug-likeness (QED) is 0.486. The second-order valence-corrected chi connectivity index (χ2v) is 5.72. The molecule has 1 N–H and O–H groups in total.